The molecular formula is C15H12F2N4O. The summed E-state index contributed by atoms with van der Waals surface area (Å²) < 4.78 is 28.3. The number of aromatic nitrogens is 3. The molecular weight excluding hydrogens is 290 g/mol. The zero-order valence-corrected chi connectivity index (χ0v) is 11.7. The van der Waals surface area contributed by atoms with E-state index >= 15 is 0 Å². The van der Waals surface area contributed by atoms with Crippen LogP contribution in [0.5, 0.6) is 0 Å². The van der Waals surface area contributed by atoms with Gasteiger partial charge in [-0.2, -0.15) is 5.10 Å². The van der Waals surface area contributed by atoms with Crippen molar-refractivity contribution in [2.45, 2.75) is 13.5 Å². The Labute approximate surface area is 124 Å². The van der Waals surface area contributed by atoms with Crippen LogP contribution in [0.2, 0.25) is 0 Å². The second-order valence-electron chi connectivity index (χ2n) is 4.84. The molecule has 2 aromatic heterocycles. The van der Waals surface area contributed by atoms with Crippen molar-refractivity contribution < 1.29 is 13.6 Å². The van der Waals surface area contributed by atoms with Crippen molar-refractivity contribution in [3.05, 3.63) is 65.1 Å². The van der Waals surface area contributed by atoms with Gasteiger partial charge >= 0.3 is 0 Å². The van der Waals surface area contributed by atoms with E-state index in [0.717, 1.165) is 11.8 Å². The Morgan fingerprint density at radius 1 is 1.27 bits per heavy atom. The van der Waals surface area contributed by atoms with Gasteiger partial charge in [0.2, 0.25) is 0 Å². The Bertz CT molecular complexity index is 860. The van der Waals surface area contributed by atoms with E-state index in [1.807, 2.05) is 0 Å². The maximum atomic E-state index is 13.9. The minimum Gasteiger partial charge on any atom is -0.347 e. The van der Waals surface area contributed by atoms with Crippen LogP contribution in [0.25, 0.3) is 5.65 Å². The zero-order chi connectivity index (χ0) is 15.7. The van der Waals surface area contributed by atoms with E-state index in [2.05, 4.69) is 15.4 Å². The summed E-state index contributed by atoms with van der Waals surface area (Å²) in [4.78, 5) is 16.0. The summed E-state index contributed by atoms with van der Waals surface area (Å²) in [5.41, 5.74) is 1.28. The van der Waals surface area contributed by atoms with E-state index in [1.54, 1.807) is 25.1 Å². The molecule has 0 aliphatic carbocycles. The average molecular weight is 302 g/mol. The first-order valence-electron chi connectivity index (χ1n) is 6.58. The van der Waals surface area contributed by atoms with Crippen LogP contribution in [0.3, 0.4) is 0 Å². The molecule has 22 heavy (non-hydrogen) atoms. The van der Waals surface area contributed by atoms with Gasteiger partial charge in [0.15, 0.2) is 17.2 Å². The summed E-state index contributed by atoms with van der Waals surface area (Å²) >= 11 is 0. The lowest BCUT2D eigenvalue weighted by molar-refractivity contribution is 0.0941. The quantitative estimate of drug-likeness (QED) is 0.807. The Balaban J connectivity index is 1.77. The van der Waals surface area contributed by atoms with Crippen molar-refractivity contribution in [3.63, 3.8) is 0 Å². The third kappa shape index (κ3) is 2.65. The molecule has 112 valence electrons. The number of carbonyl (C=O) groups excluding carboxylic acids is 1. The van der Waals surface area contributed by atoms with Gasteiger partial charge in [0.05, 0.1) is 12.4 Å². The minimum atomic E-state index is -0.760. The number of hydrogen-bond acceptors (Lipinski definition) is 3. The number of hydrogen-bond donors (Lipinski definition) is 1. The number of fused-ring (bicyclic) bond motifs is 1. The van der Waals surface area contributed by atoms with Crippen molar-refractivity contribution in [2.24, 2.45) is 0 Å². The van der Waals surface area contributed by atoms with Crippen molar-refractivity contribution in [1.29, 1.82) is 0 Å². The number of halogens is 2. The van der Waals surface area contributed by atoms with E-state index in [-0.39, 0.29) is 18.1 Å². The monoisotopic (exact) mass is 302 g/mol. The van der Waals surface area contributed by atoms with Gasteiger partial charge in [-0.25, -0.2) is 18.3 Å². The number of nitrogens with zero attached hydrogens (tertiary/aromatic N) is 3. The number of nitrogens with one attached hydrogen (secondary N) is 1. The van der Waals surface area contributed by atoms with Crippen LogP contribution in [-0.2, 0) is 6.54 Å². The van der Waals surface area contributed by atoms with E-state index in [9.17, 15) is 13.6 Å². The summed E-state index contributed by atoms with van der Waals surface area (Å²) in [5, 5.41) is 6.40. The minimum absolute atomic E-state index is 0.158. The molecule has 0 atom stereocenters. The average Bonchev–Trinajstić information content (AvgIpc) is 2.94. The molecule has 7 heteroatoms. The Morgan fingerprint density at radius 3 is 2.86 bits per heavy atom. The van der Waals surface area contributed by atoms with Gasteiger partial charge in [-0.05, 0) is 24.1 Å². The molecule has 1 aromatic carbocycles. The van der Waals surface area contributed by atoms with Crippen LogP contribution < -0.4 is 5.32 Å². The third-order valence-corrected chi connectivity index (χ3v) is 3.23. The molecule has 0 bridgehead atoms. The topological polar surface area (TPSA) is 59.3 Å². The van der Waals surface area contributed by atoms with Crippen LogP contribution in [0.1, 0.15) is 21.6 Å². The van der Waals surface area contributed by atoms with E-state index in [4.69, 9.17) is 0 Å². The van der Waals surface area contributed by atoms with Crippen LogP contribution >= 0.6 is 0 Å². The molecule has 0 saturated heterocycles. The fraction of sp³-hybridized carbons (Fsp3) is 0.133. The van der Waals surface area contributed by atoms with Crippen LogP contribution in [-0.4, -0.2) is 20.5 Å². The van der Waals surface area contributed by atoms with Gasteiger partial charge in [0.1, 0.15) is 5.82 Å². The van der Waals surface area contributed by atoms with Gasteiger partial charge in [0, 0.05) is 12.6 Å². The SMILES string of the molecule is Cc1cc(CNC(=O)c2nc3ccnn3cc2F)ccc1F. The predicted molar refractivity (Wildman–Crippen MR) is 75.3 cm³/mol. The maximum absolute atomic E-state index is 13.9. The van der Waals surface area contributed by atoms with Gasteiger partial charge in [-0.15, -0.1) is 0 Å². The van der Waals surface area contributed by atoms with Crippen molar-refractivity contribution in [3.8, 4) is 0 Å². The first-order valence-corrected chi connectivity index (χ1v) is 6.58. The second kappa shape index (κ2) is 5.51. The second-order valence-corrected chi connectivity index (χ2v) is 4.84. The first kappa shape index (κ1) is 14.1. The standard InChI is InChI=1S/C15H12F2N4O/c1-9-6-10(2-3-11(9)16)7-18-15(22)14-12(17)8-21-13(20-14)4-5-19-21/h2-6,8H,7H2,1H3,(H,18,22). The summed E-state index contributed by atoms with van der Waals surface area (Å²) in [7, 11) is 0. The number of carbonyl (C=O) groups is 1. The Kier molecular flexibility index (Phi) is 3.54. The first-order chi connectivity index (χ1) is 10.5. The fourth-order valence-electron chi connectivity index (χ4n) is 2.07. The molecule has 0 fully saturated rings. The number of benzene rings is 1. The molecule has 3 rings (SSSR count). The number of aryl methyl sites for hydroxylation is 1. The highest BCUT2D eigenvalue weighted by atomic mass is 19.1. The Hall–Kier alpha value is -2.83. The van der Waals surface area contributed by atoms with Crippen LogP contribution in [0, 0.1) is 18.6 Å². The Morgan fingerprint density at radius 2 is 2.09 bits per heavy atom. The molecule has 0 radical (unpaired) electrons. The summed E-state index contributed by atoms with van der Waals surface area (Å²) in [5.74, 6) is -1.71. The summed E-state index contributed by atoms with van der Waals surface area (Å²) in [6.07, 6.45) is 2.56. The highest BCUT2D eigenvalue weighted by Gasteiger charge is 2.15. The predicted octanol–water partition coefficient (Wildman–Crippen LogP) is 2.25. The summed E-state index contributed by atoms with van der Waals surface area (Å²) in [6.45, 7) is 1.79. The molecule has 0 unspecified atom stereocenters. The molecule has 0 spiro atoms. The molecule has 1 N–H and O–H groups in total. The van der Waals surface area contributed by atoms with Crippen LogP contribution in [0.4, 0.5) is 8.78 Å². The maximum Gasteiger partial charge on any atom is 0.273 e. The molecule has 3 aromatic rings. The molecule has 0 saturated carbocycles. The highest BCUT2D eigenvalue weighted by Crippen LogP contribution is 2.10. The molecule has 2 heterocycles. The lowest BCUT2D eigenvalue weighted by Gasteiger charge is -2.07. The van der Waals surface area contributed by atoms with E-state index < -0.39 is 11.7 Å². The van der Waals surface area contributed by atoms with E-state index in [1.165, 1.54) is 16.8 Å². The largest absolute Gasteiger partial charge is 0.347 e. The number of rotatable bonds is 3. The van der Waals surface area contributed by atoms with Gasteiger partial charge in [0.25, 0.3) is 5.91 Å². The molecule has 0 aliphatic rings. The van der Waals surface area contributed by atoms with Crippen molar-refractivity contribution >= 4 is 11.6 Å². The highest BCUT2D eigenvalue weighted by molar-refractivity contribution is 5.92. The van der Waals surface area contributed by atoms with Crippen molar-refractivity contribution in [1.82, 2.24) is 19.9 Å². The number of amides is 1. The van der Waals surface area contributed by atoms with E-state index in [0.29, 0.717) is 11.2 Å². The lowest BCUT2D eigenvalue weighted by atomic mass is 10.1. The molecule has 5 nitrogen and oxygen atoms in total. The molecule has 0 aliphatic heterocycles. The smallest absolute Gasteiger partial charge is 0.273 e. The molecule has 1 amide bonds. The third-order valence-electron chi connectivity index (χ3n) is 3.23. The lowest BCUT2D eigenvalue weighted by Crippen LogP contribution is -2.25. The normalized spacial score (nSPS) is 10.9. The van der Waals surface area contributed by atoms with Gasteiger partial charge < -0.3 is 5.32 Å². The zero-order valence-electron chi connectivity index (χ0n) is 11.7. The fourth-order valence-corrected chi connectivity index (χ4v) is 2.07. The van der Waals surface area contributed by atoms with Crippen molar-refractivity contribution in [2.75, 3.05) is 0 Å². The van der Waals surface area contributed by atoms with Gasteiger partial charge in [-0.3, -0.25) is 4.79 Å². The summed E-state index contributed by atoms with van der Waals surface area (Å²) in [6, 6.07) is 6.08. The van der Waals surface area contributed by atoms with Gasteiger partial charge in [-0.1, -0.05) is 12.1 Å². The van der Waals surface area contributed by atoms with Crippen LogP contribution in [0.15, 0.2) is 36.7 Å².